The summed E-state index contributed by atoms with van der Waals surface area (Å²) in [5.41, 5.74) is 4.00. The lowest BCUT2D eigenvalue weighted by molar-refractivity contribution is -0.119. The lowest BCUT2D eigenvalue weighted by atomic mass is 10.1. The number of nitrogens with one attached hydrogen (secondary N) is 2. The molecule has 2 N–H and O–H groups in total. The largest absolute Gasteiger partial charge is 0.452 e. The topological polar surface area (TPSA) is 97.0 Å². The van der Waals surface area contributed by atoms with Crippen LogP contribution in [0.5, 0.6) is 0 Å². The Balaban J connectivity index is 1.57. The summed E-state index contributed by atoms with van der Waals surface area (Å²) in [4.78, 5) is 35.6. The zero-order chi connectivity index (χ0) is 18.7. The fourth-order valence-corrected chi connectivity index (χ4v) is 2.93. The third-order valence-electron chi connectivity index (χ3n) is 3.72. The van der Waals surface area contributed by atoms with Gasteiger partial charge in [0.25, 0.3) is 5.91 Å². The molecule has 0 unspecified atom stereocenters. The van der Waals surface area contributed by atoms with E-state index in [1.165, 1.54) is 11.3 Å². The number of hydrogen-bond acceptors (Lipinski definition) is 6. The summed E-state index contributed by atoms with van der Waals surface area (Å²) in [6.45, 7) is 5.35. The second kappa shape index (κ2) is 7.49. The van der Waals surface area contributed by atoms with E-state index in [1.54, 1.807) is 24.3 Å². The molecule has 0 fully saturated rings. The third kappa shape index (κ3) is 4.15. The molecule has 0 spiro atoms. The number of anilines is 1. The summed E-state index contributed by atoms with van der Waals surface area (Å²) >= 11 is 1.32. The standard InChI is InChI=1S/C18H18N4O3S/c1-10-9-26-18(19-10)22-15(23)8-25-17(24)14-6-4-13(5-7-14)16-20-11(2)12(3)21-16/h4-7,9H,8H2,1-3H3,(H,20,21)(H,19,22,23). The average molecular weight is 370 g/mol. The third-order valence-corrected chi connectivity index (χ3v) is 4.60. The Bertz CT molecular complexity index is 924. The highest BCUT2D eigenvalue weighted by atomic mass is 32.1. The summed E-state index contributed by atoms with van der Waals surface area (Å²) in [6.07, 6.45) is 0. The maximum absolute atomic E-state index is 12.1. The van der Waals surface area contributed by atoms with Gasteiger partial charge in [-0.2, -0.15) is 0 Å². The molecule has 0 aliphatic heterocycles. The van der Waals surface area contributed by atoms with E-state index in [-0.39, 0.29) is 6.61 Å². The van der Waals surface area contributed by atoms with Crippen LogP contribution in [0.15, 0.2) is 29.6 Å². The van der Waals surface area contributed by atoms with Crippen molar-refractivity contribution in [2.24, 2.45) is 0 Å². The van der Waals surface area contributed by atoms with Crippen LogP contribution in [0.4, 0.5) is 5.13 Å². The van der Waals surface area contributed by atoms with Crippen LogP contribution >= 0.6 is 11.3 Å². The molecule has 0 aliphatic carbocycles. The van der Waals surface area contributed by atoms with Gasteiger partial charge in [0.1, 0.15) is 5.82 Å². The van der Waals surface area contributed by atoms with Crippen LogP contribution in [0.2, 0.25) is 0 Å². The molecule has 0 radical (unpaired) electrons. The van der Waals surface area contributed by atoms with Gasteiger partial charge in [-0.25, -0.2) is 14.8 Å². The highest BCUT2D eigenvalue weighted by Gasteiger charge is 2.12. The number of carbonyl (C=O) groups excluding carboxylic acids is 2. The summed E-state index contributed by atoms with van der Waals surface area (Å²) in [5.74, 6) is -0.238. The van der Waals surface area contributed by atoms with E-state index in [9.17, 15) is 9.59 Å². The number of benzene rings is 1. The number of thiazole rings is 1. The SMILES string of the molecule is Cc1csc(NC(=O)COC(=O)c2ccc(-c3nc(C)c(C)[nH]3)cc2)n1. The summed E-state index contributed by atoms with van der Waals surface area (Å²) in [7, 11) is 0. The number of hydrogen-bond donors (Lipinski definition) is 2. The van der Waals surface area contributed by atoms with Gasteiger partial charge in [0, 0.05) is 16.6 Å². The second-order valence-corrected chi connectivity index (χ2v) is 6.65. The number of carbonyl (C=O) groups is 2. The van der Waals surface area contributed by atoms with E-state index in [0.717, 1.165) is 28.5 Å². The molecule has 2 heterocycles. The van der Waals surface area contributed by atoms with Gasteiger partial charge in [-0.05, 0) is 32.9 Å². The van der Waals surface area contributed by atoms with E-state index in [0.29, 0.717) is 10.7 Å². The highest BCUT2D eigenvalue weighted by Crippen LogP contribution is 2.19. The minimum absolute atomic E-state index is 0.365. The Hall–Kier alpha value is -3.00. The van der Waals surface area contributed by atoms with Gasteiger partial charge in [0.05, 0.1) is 17.0 Å². The summed E-state index contributed by atoms with van der Waals surface area (Å²) < 4.78 is 5.04. The van der Waals surface area contributed by atoms with Crippen molar-refractivity contribution in [1.29, 1.82) is 0 Å². The lowest BCUT2D eigenvalue weighted by Gasteiger charge is -2.05. The van der Waals surface area contributed by atoms with Crippen molar-refractivity contribution < 1.29 is 14.3 Å². The molecule has 3 aromatic rings. The quantitative estimate of drug-likeness (QED) is 0.672. The Kier molecular flexibility index (Phi) is 5.13. The lowest BCUT2D eigenvalue weighted by Crippen LogP contribution is -2.20. The number of imidazole rings is 1. The average Bonchev–Trinajstić information content (AvgIpc) is 3.18. The van der Waals surface area contributed by atoms with Crippen molar-refractivity contribution in [2.45, 2.75) is 20.8 Å². The zero-order valence-electron chi connectivity index (χ0n) is 14.6. The molecule has 134 valence electrons. The number of aromatic amines is 1. The van der Waals surface area contributed by atoms with Crippen LogP contribution in [0, 0.1) is 20.8 Å². The zero-order valence-corrected chi connectivity index (χ0v) is 15.4. The van der Waals surface area contributed by atoms with Gasteiger partial charge in [0.2, 0.25) is 0 Å². The number of nitrogens with zero attached hydrogens (tertiary/aromatic N) is 2. The van der Waals surface area contributed by atoms with E-state index in [2.05, 4.69) is 20.3 Å². The van der Waals surface area contributed by atoms with E-state index in [1.807, 2.05) is 26.2 Å². The molecule has 0 atom stereocenters. The smallest absolute Gasteiger partial charge is 0.338 e. The monoisotopic (exact) mass is 370 g/mol. The number of ether oxygens (including phenoxy) is 1. The molecule has 1 aromatic carbocycles. The van der Waals surface area contributed by atoms with Gasteiger partial charge in [-0.1, -0.05) is 12.1 Å². The molecule has 1 amide bonds. The van der Waals surface area contributed by atoms with E-state index >= 15 is 0 Å². The van der Waals surface area contributed by atoms with Gasteiger partial charge in [-0.15, -0.1) is 11.3 Å². The second-order valence-electron chi connectivity index (χ2n) is 5.79. The fraction of sp³-hybridized carbons (Fsp3) is 0.222. The van der Waals surface area contributed by atoms with Gasteiger partial charge in [-0.3, -0.25) is 10.1 Å². The first-order valence-electron chi connectivity index (χ1n) is 7.95. The Morgan fingerprint density at radius 3 is 2.46 bits per heavy atom. The Morgan fingerprint density at radius 1 is 1.15 bits per heavy atom. The molecule has 7 nitrogen and oxygen atoms in total. The fourth-order valence-electron chi connectivity index (χ4n) is 2.23. The molecule has 3 rings (SSSR count). The molecule has 0 saturated carbocycles. The van der Waals surface area contributed by atoms with Crippen molar-refractivity contribution in [2.75, 3.05) is 11.9 Å². The normalized spacial score (nSPS) is 10.6. The first-order chi connectivity index (χ1) is 12.4. The van der Waals surface area contributed by atoms with Crippen molar-refractivity contribution in [3.8, 4) is 11.4 Å². The number of aromatic nitrogens is 3. The number of aryl methyl sites for hydroxylation is 3. The van der Waals surface area contributed by atoms with Crippen LogP contribution in [-0.4, -0.2) is 33.4 Å². The molecule has 0 bridgehead atoms. The summed E-state index contributed by atoms with van der Waals surface area (Å²) in [6, 6.07) is 6.86. The maximum Gasteiger partial charge on any atom is 0.338 e. The van der Waals surface area contributed by atoms with Crippen LogP contribution in [0.1, 0.15) is 27.4 Å². The van der Waals surface area contributed by atoms with Crippen molar-refractivity contribution in [3.63, 3.8) is 0 Å². The van der Waals surface area contributed by atoms with Gasteiger partial charge >= 0.3 is 5.97 Å². The first kappa shape index (κ1) is 17.8. The maximum atomic E-state index is 12.1. The molecular weight excluding hydrogens is 352 g/mol. The number of H-pyrrole nitrogens is 1. The van der Waals surface area contributed by atoms with Gasteiger partial charge < -0.3 is 9.72 Å². The molecule has 8 heteroatoms. The minimum Gasteiger partial charge on any atom is -0.452 e. The highest BCUT2D eigenvalue weighted by molar-refractivity contribution is 7.13. The number of rotatable bonds is 5. The summed E-state index contributed by atoms with van der Waals surface area (Å²) in [5, 5.41) is 4.89. The molecule has 26 heavy (non-hydrogen) atoms. The van der Waals surface area contributed by atoms with Crippen molar-refractivity contribution in [3.05, 3.63) is 52.3 Å². The molecule has 0 saturated heterocycles. The van der Waals surface area contributed by atoms with Gasteiger partial charge in [0.15, 0.2) is 11.7 Å². The molecule has 2 aromatic heterocycles. The Morgan fingerprint density at radius 2 is 1.88 bits per heavy atom. The van der Waals surface area contributed by atoms with Crippen LogP contribution in [0.25, 0.3) is 11.4 Å². The van der Waals surface area contributed by atoms with Crippen LogP contribution in [0.3, 0.4) is 0 Å². The van der Waals surface area contributed by atoms with Crippen LogP contribution < -0.4 is 5.32 Å². The number of esters is 1. The van der Waals surface area contributed by atoms with Crippen LogP contribution in [-0.2, 0) is 9.53 Å². The predicted molar refractivity (Wildman–Crippen MR) is 99.3 cm³/mol. The van der Waals surface area contributed by atoms with Crippen molar-refractivity contribution >= 4 is 28.3 Å². The minimum atomic E-state index is -0.561. The van der Waals surface area contributed by atoms with E-state index in [4.69, 9.17) is 4.74 Å². The Labute approximate surface area is 154 Å². The molecule has 0 aliphatic rings. The molecular formula is C18H18N4O3S. The number of amides is 1. The van der Waals surface area contributed by atoms with Crippen molar-refractivity contribution in [1.82, 2.24) is 15.0 Å². The first-order valence-corrected chi connectivity index (χ1v) is 8.83. The van der Waals surface area contributed by atoms with E-state index < -0.39 is 11.9 Å². The predicted octanol–water partition coefficient (Wildman–Crippen LogP) is 3.25.